The third-order valence-electron chi connectivity index (χ3n) is 2.09. The Balaban J connectivity index is 2.26. The van der Waals surface area contributed by atoms with Crippen LogP contribution in [0, 0.1) is 6.92 Å². The van der Waals surface area contributed by atoms with Gasteiger partial charge in [0, 0.05) is 18.4 Å². The number of nitrogens with one attached hydrogen (secondary N) is 1. The van der Waals surface area contributed by atoms with E-state index >= 15 is 0 Å². The second-order valence-corrected chi connectivity index (χ2v) is 5.01. The van der Waals surface area contributed by atoms with Crippen LogP contribution in [0.1, 0.15) is 12.6 Å². The van der Waals surface area contributed by atoms with E-state index in [1.54, 1.807) is 6.20 Å². The maximum atomic E-state index is 6.07. The molecule has 0 saturated carbocycles. The Labute approximate surface area is 115 Å². The Kier molecular flexibility index (Phi) is 4.38. The topological polar surface area (TPSA) is 50.7 Å². The molecule has 0 atom stereocenters. The third-order valence-corrected chi connectivity index (χ3v) is 3.45. The summed E-state index contributed by atoms with van der Waals surface area (Å²) in [7, 11) is 0. The van der Waals surface area contributed by atoms with Gasteiger partial charge in [0.1, 0.15) is 10.1 Å². The molecule has 0 saturated heterocycles. The Bertz CT molecular complexity index is 547. The fraction of sp³-hybridized carbons (Fsp3) is 0.250. The van der Waals surface area contributed by atoms with E-state index in [0.717, 1.165) is 22.3 Å². The molecule has 0 aliphatic heterocycles. The number of halogens is 1. The Morgan fingerprint density at radius 3 is 2.94 bits per heavy atom. The van der Waals surface area contributed by atoms with E-state index in [2.05, 4.69) is 20.3 Å². The molecule has 0 amide bonds. The number of hydrogen-bond donors (Lipinski definition) is 1. The number of aryl methyl sites for hydroxylation is 1. The first kappa shape index (κ1) is 13.1. The van der Waals surface area contributed by atoms with Crippen LogP contribution < -0.4 is 5.32 Å². The van der Waals surface area contributed by atoms with Gasteiger partial charge in [0.15, 0.2) is 0 Å². The predicted octanol–water partition coefficient (Wildman–Crippen LogP) is 3.42. The minimum Gasteiger partial charge on any atom is -0.354 e. The molecule has 2 rings (SSSR count). The van der Waals surface area contributed by atoms with Gasteiger partial charge in [-0.25, -0.2) is 15.0 Å². The molecule has 4 nitrogen and oxygen atoms in total. The zero-order valence-electron chi connectivity index (χ0n) is 10.1. The largest absolute Gasteiger partial charge is 0.354 e. The van der Waals surface area contributed by atoms with Crippen molar-refractivity contribution in [2.45, 2.75) is 23.9 Å². The summed E-state index contributed by atoms with van der Waals surface area (Å²) in [5.41, 5.74) is 0.913. The van der Waals surface area contributed by atoms with E-state index in [1.165, 1.54) is 11.8 Å². The molecule has 94 valence electrons. The molecule has 0 radical (unpaired) electrons. The monoisotopic (exact) mass is 280 g/mol. The first-order valence-corrected chi connectivity index (χ1v) is 6.76. The number of nitrogens with zero attached hydrogens (tertiary/aromatic N) is 3. The van der Waals surface area contributed by atoms with E-state index in [9.17, 15) is 0 Å². The van der Waals surface area contributed by atoms with Gasteiger partial charge in [-0.3, -0.25) is 0 Å². The second kappa shape index (κ2) is 6.02. The van der Waals surface area contributed by atoms with Crippen LogP contribution in [0.2, 0.25) is 5.02 Å². The van der Waals surface area contributed by atoms with Crippen LogP contribution >= 0.6 is 23.4 Å². The maximum absolute atomic E-state index is 6.07. The lowest BCUT2D eigenvalue weighted by Crippen LogP contribution is -2.03. The molecule has 18 heavy (non-hydrogen) atoms. The van der Waals surface area contributed by atoms with Crippen molar-refractivity contribution in [1.82, 2.24) is 15.0 Å². The van der Waals surface area contributed by atoms with Crippen LogP contribution in [0.3, 0.4) is 0 Å². The Morgan fingerprint density at radius 1 is 1.39 bits per heavy atom. The van der Waals surface area contributed by atoms with Crippen molar-refractivity contribution in [3.8, 4) is 0 Å². The fourth-order valence-corrected chi connectivity index (χ4v) is 2.45. The van der Waals surface area contributed by atoms with Gasteiger partial charge in [0.05, 0.1) is 5.02 Å². The van der Waals surface area contributed by atoms with Crippen molar-refractivity contribution >= 4 is 29.3 Å². The highest BCUT2D eigenvalue weighted by molar-refractivity contribution is 7.99. The number of anilines is 1. The first-order chi connectivity index (χ1) is 8.69. The summed E-state index contributed by atoms with van der Waals surface area (Å²) >= 11 is 7.51. The average Bonchev–Trinajstić information content (AvgIpc) is 2.32. The van der Waals surface area contributed by atoms with Crippen LogP contribution in [-0.4, -0.2) is 21.5 Å². The van der Waals surface area contributed by atoms with Gasteiger partial charge in [-0.2, -0.15) is 0 Å². The molecular weight excluding hydrogens is 268 g/mol. The van der Waals surface area contributed by atoms with Crippen molar-refractivity contribution in [3.05, 3.63) is 35.1 Å². The summed E-state index contributed by atoms with van der Waals surface area (Å²) in [6.45, 7) is 4.73. The van der Waals surface area contributed by atoms with Gasteiger partial charge in [-0.1, -0.05) is 11.6 Å². The number of rotatable bonds is 4. The highest BCUT2D eigenvalue weighted by Gasteiger charge is 2.07. The number of aromatic nitrogens is 3. The lowest BCUT2D eigenvalue weighted by Gasteiger charge is -2.06. The minimum absolute atomic E-state index is 0.628. The summed E-state index contributed by atoms with van der Waals surface area (Å²) in [4.78, 5) is 12.9. The molecule has 0 spiro atoms. The zero-order valence-corrected chi connectivity index (χ0v) is 11.7. The van der Waals surface area contributed by atoms with Crippen LogP contribution in [0.4, 0.5) is 5.95 Å². The van der Waals surface area contributed by atoms with Gasteiger partial charge in [-0.05, 0) is 43.8 Å². The van der Waals surface area contributed by atoms with E-state index in [-0.39, 0.29) is 0 Å². The summed E-state index contributed by atoms with van der Waals surface area (Å²) in [5.74, 6) is 0.632. The van der Waals surface area contributed by atoms with Crippen LogP contribution in [0.15, 0.2) is 34.4 Å². The quantitative estimate of drug-likeness (QED) is 0.870. The van der Waals surface area contributed by atoms with Crippen molar-refractivity contribution in [2.24, 2.45) is 0 Å². The van der Waals surface area contributed by atoms with Crippen molar-refractivity contribution < 1.29 is 0 Å². The second-order valence-electron chi connectivity index (χ2n) is 3.59. The van der Waals surface area contributed by atoms with Crippen molar-refractivity contribution in [3.63, 3.8) is 0 Å². The molecule has 2 aromatic heterocycles. The lowest BCUT2D eigenvalue weighted by atomic mass is 10.5. The molecule has 0 fully saturated rings. The molecule has 0 aliphatic rings. The minimum atomic E-state index is 0.628. The highest BCUT2D eigenvalue weighted by Crippen LogP contribution is 2.30. The Hall–Kier alpha value is -1.33. The molecule has 2 heterocycles. The number of hydrogen-bond acceptors (Lipinski definition) is 5. The normalized spacial score (nSPS) is 10.4. The molecule has 2 aromatic rings. The smallest absolute Gasteiger partial charge is 0.223 e. The van der Waals surface area contributed by atoms with Crippen LogP contribution in [0.25, 0.3) is 0 Å². The molecular formula is C12H13ClN4S. The predicted molar refractivity (Wildman–Crippen MR) is 74.3 cm³/mol. The van der Waals surface area contributed by atoms with E-state index in [0.29, 0.717) is 11.0 Å². The maximum Gasteiger partial charge on any atom is 0.223 e. The molecule has 0 bridgehead atoms. The fourth-order valence-electron chi connectivity index (χ4n) is 1.37. The molecule has 0 unspecified atom stereocenters. The molecule has 0 aliphatic carbocycles. The van der Waals surface area contributed by atoms with Gasteiger partial charge >= 0.3 is 0 Å². The zero-order chi connectivity index (χ0) is 13.0. The molecule has 6 heteroatoms. The summed E-state index contributed by atoms with van der Waals surface area (Å²) in [6.07, 6.45) is 1.72. The van der Waals surface area contributed by atoms with E-state index in [4.69, 9.17) is 11.6 Å². The molecule has 0 aromatic carbocycles. The molecule has 1 N–H and O–H groups in total. The van der Waals surface area contributed by atoms with E-state index < -0.39 is 0 Å². The summed E-state index contributed by atoms with van der Waals surface area (Å²) in [6, 6.07) is 5.54. The summed E-state index contributed by atoms with van der Waals surface area (Å²) < 4.78 is 0. The van der Waals surface area contributed by atoms with Crippen LogP contribution in [0.5, 0.6) is 0 Å². The van der Waals surface area contributed by atoms with Gasteiger partial charge in [0.2, 0.25) is 5.95 Å². The number of pyridine rings is 1. The van der Waals surface area contributed by atoms with Crippen LogP contribution in [-0.2, 0) is 0 Å². The van der Waals surface area contributed by atoms with E-state index in [1.807, 2.05) is 32.0 Å². The van der Waals surface area contributed by atoms with Crippen molar-refractivity contribution in [1.29, 1.82) is 0 Å². The van der Waals surface area contributed by atoms with Gasteiger partial charge in [0.25, 0.3) is 0 Å². The SMILES string of the molecule is CCNc1nc(C)cc(Sc2ncccc2Cl)n1. The van der Waals surface area contributed by atoms with Gasteiger partial charge < -0.3 is 5.32 Å². The summed E-state index contributed by atoms with van der Waals surface area (Å²) in [5, 5.41) is 5.31. The van der Waals surface area contributed by atoms with Crippen molar-refractivity contribution in [2.75, 3.05) is 11.9 Å². The van der Waals surface area contributed by atoms with Gasteiger partial charge in [-0.15, -0.1) is 0 Å². The average molecular weight is 281 g/mol. The first-order valence-electron chi connectivity index (χ1n) is 5.57. The third kappa shape index (κ3) is 3.34. The Morgan fingerprint density at radius 2 is 2.22 bits per heavy atom. The standard InChI is InChI=1S/C12H13ClN4S/c1-3-14-12-16-8(2)7-10(17-12)18-11-9(13)5-4-6-15-11/h4-7H,3H2,1-2H3,(H,14,16,17). The lowest BCUT2D eigenvalue weighted by molar-refractivity contribution is 0.981. The highest BCUT2D eigenvalue weighted by atomic mass is 35.5.